The van der Waals surface area contributed by atoms with Crippen molar-refractivity contribution in [3.8, 4) is 17.2 Å². The van der Waals surface area contributed by atoms with E-state index in [9.17, 15) is 9.59 Å². The van der Waals surface area contributed by atoms with Gasteiger partial charge in [-0.2, -0.15) is 0 Å². The predicted octanol–water partition coefficient (Wildman–Crippen LogP) is 6.02. The highest BCUT2D eigenvalue weighted by Crippen LogP contribution is 2.31. The third kappa shape index (κ3) is 6.15. The van der Waals surface area contributed by atoms with Crippen LogP contribution in [-0.4, -0.2) is 19.2 Å². The Labute approximate surface area is 204 Å². The number of benzene rings is 4. The van der Waals surface area contributed by atoms with Crippen molar-refractivity contribution in [2.45, 2.75) is 19.1 Å². The van der Waals surface area contributed by atoms with Crippen molar-refractivity contribution in [2.75, 3.05) is 7.11 Å². The molecule has 0 aromatic heterocycles. The second-order valence-electron chi connectivity index (χ2n) is 7.96. The number of rotatable bonds is 11. The lowest BCUT2D eigenvalue weighted by atomic mass is 9.91. The van der Waals surface area contributed by atoms with Crippen LogP contribution in [0, 0.1) is 0 Å². The summed E-state index contributed by atoms with van der Waals surface area (Å²) in [7, 11) is 1.56. The van der Waals surface area contributed by atoms with Gasteiger partial charge >= 0.3 is 0 Å². The molecule has 0 heterocycles. The molecule has 4 aromatic carbocycles. The smallest absolute Gasteiger partial charge is 0.181 e. The van der Waals surface area contributed by atoms with Gasteiger partial charge in [0.2, 0.25) is 0 Å². The molecule has 0 saturated heterocycles. The van der Waals surface area contributed by atoms with Crippen LogP contribution >= 0.6 is 0 Å². The van der Waals surface area contributed by atoms with Crippen LogP contribution in [-0.2, 0) is 18.0 Å². The molecule has 5 nitrogen and oxygen atoms in total. The standard InChI is InChI=1S/C30H26O5/c1-33-25-14-12-24(13-15-25)28(19-31)30(32)27-17-16-26(34-20-22-8-4-2-5-9-22)18-29(27)35-21-23-10-6-3-7-11-23/h2-19,28H,20-21H2,1H3. The Bertz CT molecular complexity index is 1250. The van der Waals surface area contributed by atoms with E-state index in [1.165, 1.54) is 0 Å². The van der Waals surface area contributed by atoms with Crippen LogP contribution in [0.5, 0.6) is 17.2 Å². The topological polar surface area (TPSA) is 61.8 Å². The maximum Gasteiger partial charge on any atom is 0.181 e. The molecule has 35 heavy (non-hydrogen) atoms. The highest BCUT2D eigenvalue weighted by atomic mass is 16.5. The first-order chi connectivity index (χ1) is 17.2. The summed E-state index contributed by atoms with van der Waals surface area (Å²) in [6.07, 6.45) is 0.658. The average molecular weight is 467 g/mol. The highest BCUT2D eigenvalue weighted by Gasteiger charge is 2.25. The van der Waals surface area contributed by atoms with Gasteiger partial charge < -0.3 is 19.0 Å². The summed E-state index contributed by atoms with van der Waals surface area (Å²) in [5, 5.41) is 0. The molecule has 0 aliphatic heterocycles. The van der Waals surface area contributed by atoms with Crippen molar-refractivity contribution in [1.29, 1.82) is 0 Å². The minimum absolute atomic E-state index is 0.275. The first kappa shape index (κ1) is 23.8. The Kier molecular flexibility index (Phi) is 7.92. The Balaban J connectivity index is 1.61. The molecule has 1 atom stereocenters. The summed E-state index contributed by atoms with van der Waals surface area (Å²) >= 11 is 0. The molecule has 0 aliphatic rings. The predicted molar refractivity (Wildman–Crippen MR) is 134 cm³/mol. The van der Waals surface area contributed by atoms with E-state index >= 15 is 0 Å². The molecule has 0 aliphatic carbocycles. The number of methoxy groups -OCH3 is 1. The van der Waals surface area contributed by atoms with Crippen molar-refractivity contribution in [3.05, 3.63) is 125 Å². The molecule has 0 radical (unpaired) electrons. The molecule has 4 rings (SSSR count). The summed E-state index contributed by atoms with van der Waals surface area (Å²) < 4.78 is 17.2. The Hall–Kier alpha value is -4.38. The molecular weight excluding hydrogens is 440 g/mol. The molecule has 1 unspecified atom stereocenters. The van der Waals surface area contributed by atoms with Gasteiger partial charge in [-0.25, -0.2) is 0 Å². The van der Waals surface area contributed by atoms with Crippen molar-refractivity contribution in [1.82, 2.24) is 0 Å². The average Bonchev–Trinajstić information content (AvgIpc) is 2.92. The van der Waals surface area contributed by atoms with Gasteiger partial charge in [-0.3, -0.25) is 4.79 Å². The maximum atomic E-state index is 13.5. The molecule has 4 aromatic rings. The fraction of sp³-hybridized carbons (Fsp3) is 0.133. The van der Waals surface area contributed by atoms with Gasteiger partial charge in [0.25, 0.3) is 0 Å². The first-order valence-electron chi connectivity index (χ1n) is 11.3. The van der Waals surface area contributed by atoms with Crippen LogP contribution in [0.4, 0.5) is 0 Å². The Morgan fingerprint density at radius 3 is 1.89 bits per heavy atom. The SMILES string of the molecule is COc1ccc(C(C=O)C(=O)c2ccc(OCc3ccccc3)cc2OCc2ccccc2)cc1. The molecule has 0 fully saturated rings. The lowest BCUT2D eigenvalue weighted by Crippen LogP contribution is -2.16. The van der Waals surface area contributed by atoms with Gasteiger partial charge in [0.15, 0.2) is 5.78 Å². The minimum Gasteiger partial charge on any atom is -0.497 e. The molecule has 5 heteroatoms. The van der Waals surface area contributed by atoms with Crippen LogP contribution < -0.4 is 14.2 Å². The van der Waals surface area contributed by atoms with Gasteiger partial charge in [-0.1, -0.05) is 72.8 Å². The van der Waals surface area contributed by atoms with E-state index in [-0.39, 0.29) is 12.4 Å². The lowest BCUT2D eigenvalue weighted by Gasteiger charge is -2.16. The van der Waals surface area contributed by atoms with Crippen molar-refractivity contribution >= 4 is 12.1 Å². The highest BCUT2D eigenvalue weighted by molar-refractivity contribution is 6.11. The van der Waals surface area contributed by atoms with Gasteiger partial charge in [-0.15, -0.1) is 0 Å². The largest absolute Gasteiger partial charge is 0.497 e. The van der Waals surface area contributed by atoms with E-state index in [1.807, 2.05) is 60.7 Å². The minimum atomic E-state index is -0.962. The summed E-state index contributed by atoms with van der Waals surface area (Å²) in [5.41, 5.74) is 2.90. The summed E-state index contributed by atoms with van der Waals surface area (Å²) in [5.74, 6) is 0.280. The van der Waals surface area contributed by atoms with E-state index in [0.717, 1.165) is 11.1 Å². The van der Waals surface area contributed by atoms with Crippen LogP contribution in [0.3, 0.4) is 0 Å². The lowest BCUT2D eigenvalue weighted by molar-refractivity contribution is -0.108. The number of hydrogen-bond donors (Lipinski definition) is 0. The van der Waals surface area contributed by atoms with Crippen molar-refractivity contribution < 1.29 is 23.8 Å². The Morgan fingerprint density at radius 2 is 1.31 bits per heavy atom. The second-order valence-corrected chi connectivity index (χ2v) is 7.96. The zero-order valence-corrected chi connectivity index (χ0v) is 19.4. The van der Waals surface area contributed by atoms with Gasteiger partial charge in [0.05, 0.1) is 12.7 Å². The molecule has 0 amide bonds. The number of aldehydes is 1. The fourth-order valence-corrected chi connectivity index (χ4v) is 3.66. The van der Waals surface area contributed by atoms with Gasteiger partial charge in [0, 0.05) is 6.07 Å². The number of carbonyl (C=O) groups excluding carboxylic acids is 2. The van der Waals surface area contributed by atoms with Crippen LogP contribution in [0.25, 0.3) is 0 Å². The van der Waals surface area contributed by atoms with E-state index < -0.39 is 5.92 Å². The van der Waals surface area contributed by atoms with E-state index in [1.54, 1.807) is 49.6 Å². The second kappa shape index (κ2) is 11.7. The van der Waals surface area contributed by atoms with Crippen LogP contribution in [0.2, 0.25) is 0 Å². The van der Waals surface area contributed by atoms with Crippen molar-refractivity contribution in [2.24, 2.45) is 0 Å². The normalized spacial score (nSPS) is 11.3. The summed E-state index contributed by atoms with van der Waals surface area (Å²) in [4.78, 5) is 25.4. The van der Waals surface area contributed by atoms with Crippen LogP contribution in [0.1, 0.15) is 33.0 Å². The number of carbonyl (C=O) groups is 2. The van der Waals surface area contributed by atoms with E-state index in [2.05, 4.69) is 0 Å². The third-order valence-corrected chi connectivity index (χ3v) is 5.60. The molecule has 176 valence electrons. The molecule has 0 spiro atoms. The fourth-order valence-electron chi connectivity index (χ4n) is 3.66. The summed E-state index contributed by atoms with van der Waals surface area (Å²) in [6.45, 7) is 0.659. The van der Waals surface area contributed by atoms with Crippen LogP contribution in [0.15, 0.2) is 103 Å². The zero-order valence-electron chi connectivity index (χ0n) is 19.4. The number of ketones is 1. The van der Waals surface area contributed by atoms with Gasteiger partial charge in [0.1, 0.15) is 42.7 Å². The number of hydrogen-bond acceptors (Lipinski definition) is 5. The first-order valence-corrected chi connectivity index (χ1v) is 11.3. The maximum absolute atomic E-state index is 13.5. The molecule has 0 bridgehead atoms. The number of ether oxygens (including phenoxy) is 3. The third-order valence-electron chi connectivity index (χ3n) is 5.60. The summed E-state index contributed by atoms with van der Waals surface area (Å²) in [6, 6.07) is 31.5. The van der Waals surface area contributed by atoms with Crippen molar-refractivity contribution in [3.63, 3.8) is 0 Å². The number of Topliss-reactive ketones (excluding diaryl/α,β-unsaturated/α-hetero) is 1. The molecular formula is C30H26O5. The van der Waals surface area contributed by atoms with E-state index in [0.29, 0.717) is 41.3 Å². The Morgan fingerprint density at radius 1 is 0.743 bits per heavy atom. The monoisotopic (exact) mass is 466 g/mol. The van der Waals surface area contributed by atoms with E-state index in [4.69, 9.17) is 14.2 Å². The zero-order chi connectivity index (χ0) is 24.5. The molecule has 0 saturated carbocycles. The van der Waals surface area contributed by atoms with Gasteiger partial charge in [-0.05, 0) is 41.0 Å². The molecule has 0 N–H and O–H groups in total. The quantitative estimate of drug-likeness (QED) is 0.154.